The first-order valence-electron chi connectivity index (χ1n) is 4.33. The number of nitro groups is 1. The Balaban J connectivity index is 2.90. The molecule has 0 amide bonds. The highest BCUT2D eigenvalue weighted by Gasteiger charge is 2.10. The van der Waals surface area contributed by atoms with Crippen molar-refractivity contribution in [3.05, 3.63) is 50.4 Å². The van der Waals surface area contributed by atoms with Gasteiger partial charge in [0.15, 0.2) is 0 Å². The second-order valence-electron chi connectivity index (χ2n) is 3.13. The van der Waals surface area contributed by atoms with Crippen LogP contribution in [0.4, 0.5) is 5.69 Å². The van der Waals surface area contributed by atoms with Crippen molar-refractivity contribution < 1.29 is 4.92 Å². The van der Waals surface area contributed by atoms with Crippen LogP contribution in [0.1, 0.15) is 5.56 Å². The van der Waals surface area contributed by atoms with E-state index in [4.69, 9.17) is 5.26 Å². The van der Waals surface area contributed by atoms with E-state index in [9.17, 15) is 14.9 Å². The van der Waals surface area contributed by atoms with Gasteiger partial charge in [-0.05, 0) is 6.07 Å². The number of pyridine rings is 1. The molecule has 6 nitrogen and oxygen atoms in total. The zero-order valence-electron chi connectivity index (χ0n) is 7.93. The predicted octanol–water partition coefficient (Wildman–Crippen LogP) is 1.31. The molecule has 1 aromatic carbocycles. The lowest BCUT2D eigenvalue weighted by Crippen LogP contribution is -2.06. The van der Waals surface area contributed by atoms with E-state index >= 15 is 0 Å². The maximum Gasteiger partial charge on any atom is 0.270 e. The molecule has 78 valence electrons. The number of rotatable bonds is 1. The molecule has 1 aromatic heterocycles. The number of aromatic nitrogens is 1. The Hall–Kier alpha value is -2.68. The van der Waals surface area contributed by atoms with Crippen molar-refractivity contribution in [3.8, 4) is 6.07 Å². The maximum atomic E-state index is 11.4. The van der Waals surface area contributed by atoms with Gasteiger partial charge in [0.25, 0.3) is 11.2 Å². The molecule has 0 aliphatic heterocycles. The molecule has 0 spiro atoms. The molecule has 0 fully saturated rings. The van der Waals surface area contributed by atoms with Gasteiger partial charge in [-0.1, -0.05) is 0 Å². The van der Waals surface area contributed by atoms with Gasteiger partial charge < -0.3 is 4.98 Å². The van der Waals surface area contributed by atoms with E-state index in [2.05, 4.69) is 4.98 Å². The Kier molecular flexibility index (Phi) is 2.14. The maximum absolute atomic E-state index is 11.4. The fourth-order valence-corrected chi connectivity index (χ4v) is 1.45. The summed E-state index contributed by atoms with van der Waals surface area (Å²) >= 11 is 0. The second-order valence-corrected chi connectivity index (χ2v) is 3.13. The fourth-order valence-electron chi connectivity index (χ4n) is 1.45. The van der Waals surface area contributed by atoms with Crippen molar-refractivity contribution in [1.82, 2.24) is 4.98 Å². The van der Waals surface area contributed by atoms with Gasteiger partial charge in [-0.25, -0.2) is 0 Å². The summed E-state index contributed by atoms with van der Waals surface area (Å²) in [6, 6.07) is 5.74. The van der Waals surface area contributed by atoms with Crippen LogP contribution >= 0.6 is 0 Å². The number of hydrogen-bond donors (Lipinski definition) is 1. The molecule has 0 atom stereocenters. The smallest absolute Gasteiger partial charge is 0.270 e. The van der Waals surface area contributed by atoms with Gasteiger partial charge in [-0.15, -0.1) is 0 Å². The number of nitrogens with zero attached hydrogens (tertiary/aromatic N) is 2. The summed E-state index contributed by atoms with van der Waals surface area (Å²) in [5, 5.41) is 19.9. The number of nitrogens with one attached hydrogen (secondary N) is 1. The van der Waals surface area contributed by atoms with Crippen LogP contribution in [0.5, 0.6) is 0 Å². The van der Waals surface area contributed by atoms with Crippen LogP contribution < -0.4 is 5.56 Å². The average Bonchev–Trinajstić information content (AvgIpc) is 2.29. The van der Waals surface area contributed by atoms with E-state index in [0.717, 1.165) is 6.07 Å². The number of nitro benzene ring substituents is 1. The molecule has 1 heterocycles. The highest BCUT2D eigenvalue weighted by molar-refractivity contribution is 5.88. The molecule has 0 aliphatic rings. The summed E-state index contributed by atoms with van der Waals surface area (Å²) in [5.41, 5.74) is -0.338. The molecule has 0 aliphatic carbocycles. The molecular formula is C10H5N3O3. The van der Waals surface area contributed by atoms with E-state index in [1.807, 2.05) is 6.07 Å². The zero-order chi connectivity index (χ0) is 11.7. The van der Waals surface area contributed by atoms with E-state index in [1.54, 1.807) is 0 Å². The summed E-state index contributed by atoms with van der Waals surface area (Å²) in [4.78, 5) is 23.7. The third kappa shape index (κ3) is 1.40. The third-order valence-electron chi connectivity index (χ3n) is 2.22. The number of benzene rings is 1. The third-order valence-corrected chi connectivity index (χ3v) is 2.22. The van der Waals surface area contributed by atoms with Crippen LogP contribution in [0, 0.1) is 21.4 Å². The number of H-pyrrole nitrogens is 1. The second kappa shape index (κ2) is 3.47. The molecule has 1 N–H and O–H groups in total. The molecule has 0 saturated heterocycles. The summed E-state index contributed by atoms with van der Waals surface area (Å²) in [6.07, 6.45) is 1.29. The SMILES string of the molecule is N#Cc1c[nH]c(=O)c2cc([N+](=O)[O-])ccc12. The van der Waals surface area contributed by atoms with Crippen LogP contribution in [-0.2, 0) is 0 Å². The van der Waals surface area contributed by atoms with Gasteiger partial charge in [-0.3, -0.25) is 14.9 Å². The Morgan fingerprint density at radius 1 is 1.38 bits per heavy atom. The van der Waals surface area contributed by atoms with Crippen molar-refractivity contribution in [2.24, 2.45) is 0 Å². The summed E-state index contributed by atoms with van der Waals surface area (Å²) in [5.74, 6) is 0. The van der Waals surface area contributed by atoms with Crippen LogP contribution in [-0.4, -0.2) is 9.91 Å². The van der Waals surface area contributed by atoms with Crippen molar-refractivity contribution >= 4 is 16.5 Å². The molecule has 0 saturated carbocycles. The van der Waals surface area contributed by atoms with Crippen LogP contribution in [0.2, 0.25) is 0 Å². The van der Waals surface area contributed by atoms with Crippen LogP contribution in [0.3, 0.4) is 0 Å². The number of fused-ring (bicyclic) bond motifs is 1. The summed E-state index contributed by atoms with van der Waals surface area (Å²) in [7, 11) is 0. The first kappa shape index (κ1) is 9.86. The molecule has 2 aromatic rings. The van der Waals surface area contributed by atoms with Gasteiger partial charge in [0.05, 0.1) is 15.9 Å². The Labute approximate surface area is 88.9 Å². The molecule has 6 heteroatoms. The lowest BCUT2D eigenvalue weighted by Gasteiger charge is -1.98. The molecular weight excluding hydrogens is 210 g/mol. The minimum atomic E-state index is -0.585. The van der Waals surface area contributed by atoms with Gasteiger partial charge in [0, 0.05) is 23.7 Å². The Bertz CT molecular complexity index is 682. The predicted molar refractivity (Wildman–Crippen MR) is 55.9 cm³/mol. The number of non-ortho nitro benzene ring substituents is 1. The minimum absolute atomic E-state index is 0.147. The standard InChI is InChI=1S/C10H5N3O3/c11-4-6-5-12-10(14)9-3-7(13(15)16)1-2-8(6)9/h1-3,5H,(H,12,14). The highest BCUT2D eigenvalue weighted by atomic mass is 16.6. The molecule has 0 bridgehead atoms. The average molecular weight is 215 g/mol. The Morgan fingerprint density at radius 3 is 2.75 bits per heavy atom. The van der Waals surface area contributed by atoms with Crippen molar-refractivity contribution in [2.45, 2.75) is 0 Å². The topological polar surface area (TPSA) is 99.8 Å². The number of aromatic amines is 1. The van der Waals surface area contributed by atoms with E-state index in [-0.39, 0.29) is 16.6 Å². The normalized spacial score (nSPS) is 9.94. The Morgan fingerprint density at radius 2 is 2.12 bits per heavy atom. The van der Waals surface area contributed by atoms with Gasteiger partial charge in [-0.2, -0.15) is 5.26 Å². The molecule has 0 radical (unpaired) electrons. The first-order valence-corrected chi connectivity index (χ1v) is 4.33. The van der Waals surface area contributed by atoms with Crippen molar-refractivity contribution in [3.63, 3.8) is 0 Å². The highest BCUT2D eigenvalue weighted by Crippen LogP contribution is 2.19. The van der Waals surface area contributed by atoms with Crippen molar-refractivity contribution in [2.75, 3.05) is 0 Å². The van der Waals surface area contributed by atoms with E-state index < -0.39 is 10.5 Å². The van der Waals surface area contributed by atoms with Gasteiger partial charge >= 0.3 is 0 Å². The zero-order valence-corrected chi connectivity index (χ0v) is 7.93. The molecule has 16 heavy (non-hydrogen) atoms. The van der Waals surface area contributed by atoms with Gasteiger partial charge in [0.1, 0.15) is 6.07 Å². The number of hydrogen-bond acceptors (Lipinski definition) is 4. The van der Waals surface area contributed by atoms with Crippen LogP contribution in [0.15, 0.2) is 29.2 Å². The van der Waals surface area contributed by atoms with E-state index in [1.165, 1.54) is 18.3 Å². The lowest BCUT2D eigenvalue weighted by atomic mass is 10.1. The summed E-state index contributed by atoms with van der Waals surface area (Å²) < 4.78 is 0. The lowest BCUT2D eigenvalue weighted by molar-refractivity contribution is -0.384. The van der Waals surface area contributed by atoms with E-state index in [0.29, 0.717) is 5.39 Å². The summed E-state index contributed by atoms with van der Waals surface area (Å²) in [6.45, 7) is 0. The first-order chi connectivity index (χ1) is 7.63. The molecule has 0 unspecified atom stereocenters. The molecule has 2 rings (SSSR count). The monoisotopic (exact) mass is 215 g/mol. The quantitative estimate of drug-likeness (QED) is 0.572. The number of nitriles is 1. The largest absolute Gasteiger partial charge is 0.327 e. The fraction of sp³-hybridized carbons (Fsp3) is 0. The van der Waals surface area contributed by atoms with Crippen LogP contribution in [0.25, 0.3) is 10.8 Å². The van der Waals surface area contributed by atoms with Gasteiger partial charge in [0.2, 0.25) is 0 Å². The minimum Gasteiger partial charge on any atom is -0.327 e. The van der Waals surface area contributed by atoms with Crippen molar-refractivity contribution in [1.29, 1.82) is 5.26 Å².